The Morgan fingerprint density at radius 3 is 2.82 bits per heavy atom. The van der Waals surface area contributed by atoms with E-state index in [1.165, 1.54) is 5.56 Å². The van der Waals surface area contributed by atoms with E-state index in [-0.39, 0.29) is 18.5 Å². The Morgan fingerprint density at radius 1 is 1.47 bits per heavy atom. The Hall–Kier alpha value is -0.930. The molecule has 2 unspecified atom stereocenters. The lowest BCUT2D eigenvalue weighted by atomic mass is 9.78. The number of rotatable bonds is 3. The number of hydrogen-bond donors (Lipinski definition) is 2. The smallest absolute Gasteiger partial charge is 0.144 e. The SMILES string of the molecule is CC(C)C(F)(CN)C1NCCc2ccccc21. The van der Waals surface area contributed by atoms with Crippen LogP contribution >= 0.6 is 0 Å². The summed E-state index contributed by atoms with van der Waals surface area (Å²) in [5, 5.41) is 3.29. The molecule has 17 heavy (non-hydrogen) atoms. The zero-order valence-electron chi connectivity index (χ0n) is 10.5. The Kier molecular flexibility index (Phi) is 3.50. The minimum absolute atomic E-state index is 0.0522. The van der Waals surface area contributed by atoms with Crippen molar-refractivity contribution in [2.45, 2.75) is 32.0 Å². The fourth-order valence-corrected chi connectivity index (χ4v) is 2.62. The third kappa shape index (κ3) is 2.09. The number of benzene rings is 1. The van der Waals surface area contributed by atoms with Crippen molar-refractivity contribution in [3.8, 4) is 0 Å². The number of fused-ring (bicyclic) bond motifs is 1. The summed E-state index contributed by atoms with van der Waals surface area (Å²) in [6.07, 6.45) is 0.964. The maximum atomic E-state index is 15.0. The second-order valence-electron chi connectivity index (χ2n) is 5.12. The first-order valence-electron chi connectivity index (χ1n) is 6.29. The summed E-state index contributed by atoms with van der Waals surface area (Å²) in [5.74, 6) is -0.101. The molecule has 1 aromatic carbocycles. The first-order chi connectivity index (χ1) is 8.09. The summed E-state index contributed by atoms with van der Waals surface area (Å²) in [6, 6.07) is 7.80. The van der Waals surface area contributed by atoms with E-state index in [1.54, 1.807) is 0 Å². The molecule has 0 radical (unpaired) electrons. The van der Waals surface area contributed by atoms with Crippen LogP contribution in [-0.2, 0) is 6.42 Å². The van der Waals surface area contributed by atoms with Crippen molar-refractivity contribution < 1.29 is 4.39 Å². The average Bonchev–Trinajstić information content (AvgIpc) is 2.37. The van der Waals surface area contributed by atoms with Gasteiger partial charge in [-0.15, -0.1) is 0 Å². The molecular formula is C14H21FN2. The first-order valence-corrected chi connectivity index (χ1v) is 6.29. The van der Waals surface area contributed by atoms with E-state index in [2.05, 4.69) is 11.4 Å². The van der Waals surface area contributed by atoms with Crippen molar-refractivity contribution in [2.24, 2.45) is 11.7 Å². The van der Waals surface area contributed by atoms with E-state index in [4.69, 9.17) is 5.73 Å². The standard InChI is InChI=1S/C14H21FN2/c1-10(2)14(15,9-16)13-12-6-4-3-5-11(12)7-8-17-13/h3-6,10,13,17H,7-9,16H2,1-2H3. The highest BCUT2D eigenvalue weighted by Gasteiger charge is 2.43. The molecule has 0 saturated heterocycles. The maximum Gasteiger partial charge on any atom is 0.144 e. The first kappa shape index (κ1) is 12.5. The molecule has 2 rings (SSSR count). The molecule has 94 valence electrons. The summed E-state index contributed by atoms with van der Waals surface area (Å²) >= 11 is 0. The molecule has 0 amide bonds. The second kappa shape index (κ2) is 4.75. The maximum absolute atomic E-state index is 15.0. The lowest BCUT2D eigenvalue weighted by Crippen LogP contribution is -2.51. The van der Waals surface area contributed by atoms with Gasteiger partial charge in [0, 0.05) is 6.54 Å². The minimum Gasteiger partial charge on any atom is -0.327 e. The van der Waals surface area contributed by atoms with Crippen molar-refractivity contribution in [1.29, 1.82) is 0 Å². The summed E-state index contributed by atoms with van der Waals surface area (Å²) < 4.78 is 15.0. The van der Waals surface area contributed by atoms with E-state index in [1.807, 2.05) is 32.0 Å². The van der Waals surface area contributed by atoms with Crippen molar-refractivity contribution in [1.82, 2.24) is 5.32 Å². The van der Waals surface area contributed by atoms with E-state index in [0.29, 0.717) is 0 Å². The molecule has 0 spiro atoms. The monoisotopic (exact) mass is 236 g/mol. The van der Waals surface area contributed by atoms with Crippen LogP contribution in [0.4, 0.5) is 4.39 Å². The normalized spacial score (nSPS) is 23.2. The lowest BCUT2D eigenvalue weighted by Gasteiger charge is -2.40. The van der Waals surface area contributed by atoms with Gasteiger partial charge in [0.15, 0.2) is 0 Å². The predicted molar refractivity (Wildman–Crippen MR) is 68.6 cm³/mol. The van der Waals surface area contributed by atoms with Gasteiger partial charge in [-0.1, -0.05) is 38.1 Å². The van der Waals surface area contributed by atoms with Gasteiger partial charge in [0.2, 0.25) is 0 Å². The summed E-state index contributed by atoms with van der Waals surface area (Å²) in [7, 11) is 0. The Labute approximate surface area is 102 Å². The van der Waals surface area contributed by atoms with E-state index < -0.39 is 5.67 Å². The third-order valence-corrected chi connectivity index (χ3v) is 3.86. The average molecular weight is 236 g/mol. The van der Waals surface area contributed by atoms with Crippen LogP contribution in [0.15, 0.2) is 24.3 Å². The molecule has 0 aliphatic carbocycles. The molecule has 2 atom stereocenters. The van der Waals surface area contributed by atoms with Crippen molar-refractivity contribution in [3.05, 3.63) is 35.4 Å². The largest absolute Gasteiger partial charge is 0.327 e. The minimum atomic E-state index is -1.38. The zero-order valence-corrected chi connectivity index (χ0v) is 10.5. The lowest BCUT2D eigenvalue weighted by molar-refractivity contribution is 0.0574. The quantitative estimate of drug-likeness (QED) is 0.844. The van der Waals surface area contributed by atoms with Gasteiger partial charge in [0.1, 0.15) is 5.67 Å². The summed E-state index contributed by atoms with van der Waals surface area (Å²) in [6.45, 7) is 4.66. The zero-order chi connectivity index (χ0) is 12.5. The predicted octanol–water partition coefficient (Wildman–Crippen LogP) is 2.20. The van der Waals surface area contributed by atoms with Crippen molar-refractivity contribution in [3.63, 3.8) is 0 Å². The van der Waals surface area contributed by atoms with Crippen molar-refractivity contribution in [2.75, 3.05) is 13.1 Å². The second-order valence-corrected chi connectivity index (χ2v) is 5.12. The van der Waals surface area contributed by atoms with E-state index in [9.17, 15) is 0 Å². The van der Waals surface area contributed by atoms with E-state index >= 15 is 4.39 Å². The number of hydrogen-bond acceptors (Lipinski definition) is 2. The van der Waals surface area contributed by atoms with Crippen LogP contribution in [0.5, 0.6) is 0 Å². The number of nitrogens with two attached hydrogens (primary N) is 1. The van der Waals surface area contributed by atoms with Crippen LogP contribution < -0.4 is 11.1 Å². The third-order valence-electron chi connectivity index (χ3n) is 3.86. The molecular weight excluding hydrogens is 215 g/mol. The fourth-order valence-electron chi connectivity index (χ4n) is 2.62. The molecule has 1 aliphatic rings. The van der Waals surface area contributed by atoms with Crippen LogP contribution in [0, 0.1) is 5.92 Å². The van der Waals surface area contributed by atoms with Gasteiger partial charge in [-0.2, -0.15) is 0 Å². The molecule has 3 heteroatoms. The summed E-state index contributed by atoms with van der Waals surface area (Å²) in [4.78, 5) is 0. The van der Waals surface area contributed by atoms with Gasteiger partial charge >= 0.3 is 0 Å². The Balaban J connectivity index is 2.41. The number of nitrogens with one attached hydrogen (secondary N) is 1. The summed E-state index contributed by atoms with van der Waals surface area (Å²) in [5.41, 5.74) is 6.62. The van der Waals surface area contributed by atoms with Gasteiger partial charge in [-0.05, 0) is 30.0 Å². The van der Waals surface area contributed by atoms with Gasteiger partial charge < -0.3 is 11.1 Å². The van der Waals surface area contributed by atoms with Gasteiger partial charge in [-0.25, -0.2) is 4.39 Å². The molecule has 2 nitrogen and oxygen atoms in total. The molecule has 1 heterocycles. The van der Waals surface area contributed by atoms with E-state index in [0.717, 1.165) is 18.5 Å². The number of halogens is 1. The molecule has 0 fully saturated rings. The molecule has 3 N–H and O–H groups in total. The fraction of sp³-hybridized carbons (Fsp3) is 0.571. The van der Waals surface area contributed by atoms with Crippen molar-refractivity contribution >= 4 is 0 Å². The van der Waals surface area contributed by atoms with Crippen LogP contribution in [0.2, 0.25) is 0 Å². The highest BCUT2D eigenvalue weighted by atomic mass is 19.1. The van der Waals surface area contributed by atoms with Crippen LogP contribution in [0.1, 0.15) is 31.0 Å². The van der Waals surface area contributed by atoms with Gasteiger partial charge in [-0.3, -0.25) is 0 Å². The molecule has 1 aromatic rings. The molecule has 0 bridgehead atoms. The molecule has 0 aromatic heterocycles. The Bertz CT molecular complexity index is 392. The van der Waals surface area contributed by atoms with Crippen LogP contribution in [0.3, 0.4) is 0 Å². The van der Waals surface area contributed by atoms with Crippen LogP contribution in [-0.4, -0.2) is 18.8 Å². The molecule has 0 saturated carbocycles. The van der Waals surface area contributed by atoms with Gasteiger partial charge in [0.25, 0.3) is 0 Å². The number of alkyl halides is 1. The van der Waals surface area contributed by atoms with Crippen LogP contribution in [0.25, 0.3) is 0 Å². The van der Waals surface area contributed by atoms with Gasteiger partial charge in [0.05, 0.1) is 6.04 Å². The highest BCUT2D eigenvalue weighted by molar-refractivity contribution is 5.34. The topological polar surface area (TPSA) is 38.0 Å². The molecule has 1 aliphatic heterocycles. The Morgan fingerprint density at radius 2 is 2.18 bits per heavy atom. The highest BCUT2D eigenvalue weighted by Crippen LogP contribution is 2.38.